The molecule has 1 fully saturated rings. The summed E-state index contributed by atoms with van der Waals surface area (Å²) in [6.45, 7) is 11.4. The second-order valence-corrected chi connectivity index (χ2v) is 5.54. The molecule has 1 heterocycles. The monoisotopic (exact) mass is 198 g/mol. The Labute approximate surface area is 88.8 Å². The predicted molar refractivity (Wildman–Crippen MR) is 62.6 cm³/mol. The molecule has 2 unspecified atom stereocenters. The Morgan fingerprint density at radius 3 is 2.64 bits per heavy atom. The number of nitrogens with one attached hydrogen (secondary N) is 2. The first-order valence-electron chi connectivity index (χ1n) is 6.01. The summed E-state index contributed by atoms with van der Waals surface area (Å²) >= 11 is 0. The fourth-order valence-electron chi connectivity index (χ4n) is 2.35. The normalized spacial score (nSPS) is 29.1. The Hall–Kier alpha value is -0.0800. The maximum absolute atomic E-state index is 3.73. The van der Waals surface area contributed by atoms with Crippen molar-refractivity contribution in [3.63, 3.8) is 0 Å². The van der Waals surface area contributed by atoms with Crippen LogP contribution in [0.15, 0.2) is 0 Å². The van der Waals surface area contributed by atoms with E-state index in [1.54, 1.807) is 0 Å². The van der Waals surface area contributed by atoms with Crippen LogP contribution in [0.5, 0.6) is 0 Å². The van der Waals surface area contributed by atoms with Crippen LogP contribution >= 0.6 is 0 Å². The summed E-state index contributed by atoms with van der Waals surface area (Å²) in [6, 6.07) is 0.670. The van der Waals surface area contributed by atoms with Gasteiger partial charge in [0.05, 0.1) is 0 Å². The topological polar surface area (TPSA) is 24.1 Å². The molecule has 2 nitrogen and oxygen atoms in total. The molecule has 84 valence electrons. The molecule has 1 aliphatic rings. The fraction of sp³-hybridized carbons (Fsp3) is 1.00. The molecule has 1 saturated heterocycles. The van der Waals surface area contributed by atoms with E-state index in [4.69, 9.17) is 0 Å². The van der Waals surface area contributed by atoms with Crippen LogP contribution < -0.4 is 10.6 Å². The minimum absolute atomic E-state index is 0.246. The van der Waals surface area contributed by atoms with Crippen molar-refractivity contribution < 1.29 is 0 Å². The van der Waals surface area contributed by atoms with Gasteiger partial charge in [-0.1, -0.05) is 13.3 Å². The van der Waals surface area contributed by atoms with Gasteiger partial charge in [-0.05, 0) is 46.1 Å². The van der Waals surface area contributed by atoms with E-state index in [1.165, 1.54) is 25.8 Å². The standard InChI is InChI=1S/C12H26N2/c1-5-6-10-7-8-13-9-11(10)14-12(2,3)4/h10-11,13-14H,5-9H2,1-4H3. The molecule has 0 amide bonds. The molecule has 0 radical (unpaired) electrons. The average molecular weight is 198 g/mol. The molecule has 2 heteroatoms. The zero-order valence-corrected chi connectivity index (χ0v) is 10.2. The van der Waals surface area contributed by atoms with Gasteiger partial charge in [-0.25, -0.2) is 0 Å². The van der Waals surface area contributed by atoms with Crippen LogP contribution in [0.3, 0.4) is 0 Å². The first-order valence-corrected chi connectivity index (χ1v) is 6.01. The molecule has 2 atom stereocenters. The van der Waals surface area contributed by atoms with E-state index in [1.807, 2.05) is 0 Å². The lowest BCUT2D eigenvalue weighted by Gasteiger charge is -2.37. The molecular formula is C12H26N2. The second kappa shape index (κ2) is 5.13. The van der Waals surface area contributed by atoms with Crippen LogP contribution in [-0.2, 0) is 0 Å². The Bertz CT molecular complexity index is 158. The molecule has 0 aromatic carbocycles. The van der Waals surface area contributed by atoms with Crippen molar-refractivity contribution in [2.75, 3.05) is 13.1 Å². The zero-order valence-electron chi connectivity index (χ0n) is 10.2. The maximum Gasteiger partial charge on any atom is 0.0226 e. The summed E-state index contributed by atoms with van der Waals surface area (Å²) in [5, 5.41) is 7.21. The summed E-state index contributed by atoms with van der Waals surface area (Å²) in [6.07, 6.45) is 4.02. The van der Waals surface area contributed by atoms with Crippen LogP contribution in [0.25, 0.3) is 0 Å². The minimum atomic E-state index is 0.246. The second-order valence-electron chi connectivity index (χ2n) is 5.54. The summed E-state index contributed by atoms with van der Waals surface area (Å²) in [5.41, 5.74) is 0.246. The van der Waals surface area contributed by atoms with Gasteiger partial charge in [0.1, 0.15) is 0 Å². The molecular weight excluding hydrogens is 172 g/mol. The zero-order chi connectivity index (χ0) is 10.6. The molecule has 0 aromatic rings. The number of hydrogen-bond donors (Lipinski definition) is 2. The Balaban J connectivity index is 2.45. The SMILES string of the molecule is CCCC1CCNCC1NC(C)(C)C. The first-order chi connectivity index (χ1) is 6.53. The van der Waals surface area contributed by atoms with Crippen LogP contribution in [-0.4, -0.2) is 24.7 Å². The lowest BCUT2D eigenvalue weighted by atomic mass is 9.87. The summed E-state index contributed by atoms with van der Waals surface area (Å²) in [7, 11) is 0. The number of rotatable bonds is 3. The third-order valence-electron chi connectivity index (χ3n) is 2.90. The van der Waals surface area contributed by atoms with Crippen molar-refractivity contribution in [2.24, 2.45) is 5.92 Å². The highest BCUT2D eigenvalue weighted by molar-refractivity contribution is 4.87. The smallest absolute Gasteiger partial charge is 0.0226 e. The van der Waals surface area contributed by atoms with E-state index in [0.29, 0.717) is 6.04 Å². The molecule has 2 N–H and O–H groups in total. The van der Waals surface area contributed by atoms with Gasteiger partial charge in [0.15, 0.2) is 0 Å². The Morgan fingerprint density at radius 2 is 2.07 bits per heavy atom. The van der Waals surface area contributed by atoms with E-state index >= 15 is 0 Å². The highest BCUT2D eigenvalue weighted by atomic mass is 15.0. The summed E-state index contributed by atoms with van der Waals surface area (Å²) < 4.78 is 0. The van der Waals surface area contributed by atoms with Crippen molar-refractivity contribution in [1.82, 2.24) is 10.6 Å². The number of hydrogen-bond acceptors (Lipinski definition) is 2. The maximum atomic E-state index is 3.73. The van der Waals surface area contributed by atoms with E-state index in [2.05, 4.69) is 38.3 Å². The molecule has 14 heavy (non-hydrogen) atoms. The van der Waals surface area contributed by atoms with Crippen molar-refractivity contribution >= 4 is 0 Å². The quantitative estimate of drug-likeness (QED) is 0.726. The Morgan fingerprint density at radius 1 is 1.36 bits per heavy atom. The van der Waals surface area contributed by atoms with Crippen molar-refractivity contribution in [2.45, 2.75) is 58.5 Å². The van der Waals surface area contributed by atoms with Crippen LogP contribution in [0.2, 0.25) is 0 Å². The predicted octanol–water partition coefficient (Wildman–Crippen LogP) is 2.15. The van der Waals surface area contributed by atoms with Crippen molar-refractivity contribution in [1.29, 1.82) is 0 Å². The van der Waals surface area contributed by atoms with Crippen LogP contribution in [0, 0.1) is 5.92 Å². The third-order valence-corrected chi connectivity index (χ3v) is 2.90. The van der Waals surface area contributed by atoms with Gasteiger partial charge in [0.25, 0.3) is 0 Å². The van der Waals surface area contributed by atoms with Gasteiger partial charge < -0.3 is 10.6 Å². The van der Waals surface area contributed by atoms with Gasteiger partial charge in [0, 0.05) is 18.1 Å². The van der Waals surface area contributed by atoms with Gasteiger partial charge >= 0.3 is 0 Å². The third kappa shape index (κ3) is 3.97. The van der Waals surface area contributed by atoms with E-state index in [-0.39, 0.29) is 5.54 Å². The van der Waals surface area contributed by atoms with Crippen molar-refractivity contribution in [3.8, 4) is 0 Å². The first kappa shape index (κ1) is 12.0. The van der Waals surface area contributed by atoms with Gasteiger partial charge in [-0.3, -0.25) is 0 Å². The highest BCUT2D eigenvalue weighted by Gasteiger charge is 2.26. The molecule has 1 rings (SSSR count). The van der Waals surface area contributed by atoms with Crippen molar-refractivity contribution in [3.05, 3.63) is 0 Å². The van der Waals surface area contributed by atoms with E-state index in [9.17, 15) is 0 Å². The Kier molecular flexibility index (Phi) is 4.39. The lowest BCUT2D eigenvalue weighted by molar-refractivity contribution is 0.220. The van der Waals surface area contributed by atoms with Gasteiger partial charge in [-0.15, -0.1) is 0 Å². The molecule has 0 saturated carbocycles. The molecule has 1 aliphatic heterocycles. The lowest BCUT2D eigenvalue weighted by Crippen LogP contribution is -2.54. The average Bonchev–Trinajstić information content (AvgIpc) is 2.06. The fourth-order valence-corrected chi connectivity index (χ4v) is 2.35. The molecule has 0 aromatic heterocycles. The molecule has 0 aliphatic carbocycles. The molecule has 0 bridgehead atoms. The van der Waals surface area contributed by atoms with E-state index < -0.39 is 0 Å². The van der Waals surface area contributed by atoms with E-state index in [0.717, 1.165) is 12.5 Å². The largest absolute Gasteiger partial charge is 0.315 e. The van der Waals surface area contributed by atoms with Gasteiger partial charge in [-0.2, -0.15) is 0 Å². The summed E-state index contributed by atoms with van der Waals surface area (Å²) in [5.74, 6) is 0.875. The minimum Gasteiger partial charge on any atom is -0.315 e. The van der Waals surface area contributed by atoms with Crippen LogP contribution in [0.4, 0.5) is 0 Å². The summed E-state index contributed by atoms with van der Waals surface area (Å²) in [4.78, 5) is 0. The highest BCUT2D eigenvalue weighted by Crippen LogP contribution is 2.20. The number of piperidine rings is 1. The van der Waals surface area contributed by atoms with Crippen LogP contribution in [0.1, 0.15) is 47.0 Å². The van der Waals surface area contributed by atoms with Gasteiger partial charge in [0.2, 0.25) is 0 Å². The molecule has 0 spiro atoms.